The van der Waals surface area contributed by atoms with Crippen molar-refractivity contribution in [2.75, 3.05) is 13.1 Å². The Kier molecular flexibility index (Phi) is 5.86. The van der Waals surface area contributed by atoms with Crippen molar-refractivity contribution in [2.24, 2.45) is 0 Å². The number of rotatable bonds is 3. The summed E-state index contributed by atoms with van der Waals surface area (Å²) in [5.74, 6) is 2.41. The average Bonchev–Trinajstić information content (AvgIpc) is 1.80. The van der Waals surface area contributed by atoms with E-state index in [0.29, 0.717) is 13.1 Å². The molecule has 0 saturated heterocycles. The van der Waals surface area contributed by atoms with Crippen LogP contribution < -0.4 is 5.32 Å². The molecule has 0 atom stereocenters. The van der Waals surface area contributed by atoms with Crippen LogP contribution in [-0.4, -0.2) is 13.1 Å². The standard InChI is InChI=1S/C6H7Cl2N/c1-2-4-9-5-3-6(7)8/h1,3,9H,4-5H2. The van der Waals surface area contributed by atoms with Gasteiger partial charge in [0.05, 0.1) is 6.54 Å². The van der Waals surface area contributed by atoms with Crippen molar-refractivity contribution >= 4 is 23.2 Å². The van der Waals surface area contributed by atoms with E-state index in [0.717, 1.165) is 0 Å². The Morgan fingerprint density at radius 2 is 2.33 bits per heavy atom. The fourth-order valence-electron chi connectivity index (χ4n) is 0.294. The molecule has 0 fully saturated rings. The number of hydrogen-bond donors (Lipinski definition) is 1. The van der Waals surface area contributed by atoms with Gasteiger partial charge in [0, 0.05) is 6.54 Å². The molecule has 0 radical (unpaired) electrons. The molecule has 3 heteroatoms. The molecule has 0 aliphatic rings. The second-order valence-corrected chi connectivity index (χ2v) is 2.34. The van der Waals surface area contributed by atoms with E-state index in [9.17, 15) is 0 Å². The molecule has 50 valence electrons. The van der Waals surface area contributed by atoms with Gasteiger partial charge in [0.25, 0.3) is 0 Å². The summed E-state index contributed by atoms with van der Waals surface area (Å²) in [4.78, 5) is 0. The predicted molar refractivity (Wildman–Crippen MR) is 41.5 cm³/mol. The predicted octanol–water partition coefficient (Wildman–Crippen LogP) is 1.53. The molecule has 0 rings (SSSR count). The molecule has 9 heavy (non-hydrogen) atoms. The maximum Gasteiger partial charge on any atom is 0.104 e. The summed E-state index contributed by atoms with van der Waals surface area (Å²) in [6, 6.07) is 0. The number of nitrogens with one attached hydrogen (secondary N) is 1. The Bertz CT molecular complexity index is 130. The van der Waals surface area contributed by atoms with Crippen molar-refractivity contribution in [1.82, 2.24) is 5.32 Å². The summed E-state index contributed by atoms with van der Waals surface area (Å²) in [6.45, 7) is 1.16. The first-order valence-electron chi connectivity index (χ1n) is 2.42. The highest BCUT2D eigenvalue weighted by Gasteiger charge is 1.80. The van der Waals surface area contributed by atoms with E-state index in [4.69, 9.17) is 29.6 Å². The van der Waals surface area contributed by atoms with Gasteiger partial charge in [-0.15, -0.1) is 6.42 Å². The van der Waals surface area contributed by atoms with Crippen molar-refractivity contribution in [3.8, 4) is 12.3 Å². The highest BCUT2D eigenvalue weighted by molar-refractivity contribution is 6.55. The lowest BCUT2D eigenvalue weighted by Gasteiger charge is -1.90. The van der Waals surface area contributed by atoms with Crippen LogP contribution in [0.3, 0.4) is 0 Å². The van der Waals surface area contributed by atoms with Crippen LogP contribution in [0.15, 0.2) is 10.6 Å². The number of halogens is 2. The molecular weight excluding hydrogens is 157 g/mol. The minimum Gasteiger partial charge on any atom is -0.303 e. The normalized spacial score (nSPS) is 8.11. The lowest BCUT2D eigenvalue weighted by molar-refractivity contribution is 0.857. The van der Waals surface area contributed by atoms with Crippen LogP contribution in [0.5, 0.6) is 0 Å². The second kappa shape index (κ2) is 5.97. The quantitative estimate of drug-likeness (QED) is 0.492. The van der Waals surface area contributed by atoms with Crippen LogP contribution in [0, 0.1) is 12.3 Å². The summed E-state index contributed by atoms with van der Waals surface area (Å²) >= 11 is 10.6. The van der Waals surface area contributed by atoms with E-state index in [-0.39, 0.29) is 4.49 Å². The molecule has 0 unspecified atom stereocenters. The third kappa shape index (κ3) is 7.84. The third-order valence-corrected chi connectivity index (χ3v) is 0.936. The molecule has 1 nitrogen and oxygen atoms in total. The number of hydrogen-bond acceptors (Lipinski definition) is 1. The molecule has 0 saturated carbocycles. The Morgan fingerprint density at radius 3 is 2.78 bits per heavy atom. The summed E-state index contributed by atoms with van der Waals surface area (Å²) < 4.78 is 0.263. The van der Waals surface area contributed by atoms with Crippen LogP contribution in [-0.2, 0) is 0 Å². The van der Waals surface area contributed by atoms with Gasteiger partial charge in [-0.25, -0.2) is 0 Å². The highest BCUT2D eigenvalue weighted by Crippen LogP contribution is 2.03. The fraction of sp³-hybridized carbons (Fsp3) is 0.333. The van der Waals surface area contributed by atoms with Crippen molar-refractivity contribution in [2.45, 2.75) is 0 Å². The molecule has 0 aliphatic heterocycles. The van der Waals surface area contributed by atoms with Crippen LogP contribution in [0.2, 0.25) is 0 Å². The largest absolute Gasteiger partial charge is 0.303 e. The number of terminal acetylenes is 1. The molecule has 0 aliphatic carbocycles. The van der Waals surface area contributed by atoms with Gasteiger partial charge in [-0.05, 0) is 6.08 Å². The Labute approximate surface area is 65.0 Å². The van der Waals surface area contributed by atoms with E-state index < -0.39 is 0 Å². The minimum atomic E-state index is 0.263. The van der Waals surface area contributed by atoms with Crippen LogP contribution in [0.4, 0.5) is 0 Å². The molecule has 0 spiro atoms. The lowest BCUT2D eigenvalue weighted by Crippen LogP contribution is -2.12. The fourth-order valence-corrected chi connectivity index (χ4v) is 0.448. The monoisotopic (exact) mass is 163 g/mol. The molecule has 0 heterocycles. The third-order valence-electron chi connectivity index (χ3n) is 0.628. The molecule has 0 aromatic heterocycles. The van der Waals surface area contributed by atoms with Crippen molar-refractivity contribution < 1.29 is 0 Å². The molecular formula is C6H7Cl2N. The maximum atomic E-state index is 5.29. The van der Waals surface area contributed by atoms with Gasteiger partial charge < -0.3 is 5.32 Å². The maximum absolute atomic E-state index is 5.29. The Balaban J connectivity index is 3.12. The van der Waals surface area contributed by atoms with Gasteiger partial charge in [0.15, 0.2) is 0 Å². The molecule has 0 bridgehead atoms. The second-order valence-electron chi connectivity index (χ2n) is 1.33. The lowest BCUT2D eigenvalue weighted by atomic mass is 10.6. The summed E-state index contributed by atoms with van der Waals surface area (Å²) in [7, 11) is 0. The summed E-state index contributed by atoms with van der Waals surface area (Å²) in [5, 5.41) is 2.88. The molecule has 0 amide bonds. The summed E-state index contributed by atoms with van der Waals surface area (Å²) in [5.41, 5.74) is 0. The van der Waals surface area contributed by atoms with Gasteiger partial charge in [-0.3, -0.25) is 0 Å². The SMILES string of the molecule is C#CCNCC=C(Cl)Cl. The zero-order valence-electron chi connectivity index (χ0n) is 4.82. The smallest absolute Gasteiger partial charge is 0.104 e. The Morgan fingerprint density at radius 1 is 1.67 bits per heavy atom. The van der Waals surface area contributed by atoms with Gasteiger partial charge in [0.2, 0.25) is 0 Å². The average molecular weight is 164 g/mol. The zero-order valence-corrected chi connectivity index (χ0v) is 6.34. The van der Waals surface area contributed by atoms with Gasteiger partial charge in [0.1, 0.15) is 4.49 Å². The summed E-state index contributed by atoms with van der Waals surface area (Å²) in [6.07, 6.45) is 6.59. The first kappa shape index (κ1) is 8.84. The Hall–Kier alpha value is -0.160. The molecule has 0 aromatic rings. The van der Waals surface area contributed by atoms with Crippen LogP contribution in [0.25, 0.3) is 0 Å². The van der Waals surface area contributed by atoms with E-state index in [2.05, 4.69) is 11.2 Å². The van der Waals surface area contributed by atoms with Crippen LogP contribution in [0.1, 0.15) is 0 Å². The van der Waals surface area contributed by atoms with Crippen molar-refractivity contribution in [1.29, 1.82) is 0 Å². The van der Waals surface area contributed by atoms with Gasteiger partial charge in [-0.1, -0.05) is 29.1 Å². The van der Waals surface area contributed by atoms with E-state index in [1.807, 2.05) is 0 Å². The minimum absolute atomic E-state index is 0.263. The van der Waals surface area contributed by atoms with Crippen LogP contribution >= 0.6 is 23.2 Å². The van der Waals surface area contributed by atoms with E-state index >= 15 is 0 Å². The zero-order chi connectivity index (χ0) is 7.11. The molecule has 0 aromatic carbocycles. The van der Waals surface area contributed by atoms with Gasteiger partial charge in [-0.2, -0.15) is 0 Å². The van der Waals surface area contributed by atoms with Gasteiger partial charge >= 0.3 is 0 Å². The van der Waals surface area contributed by atoms with E-state index in [1.165, 1.54) is 0 Å². The molecule has 1 N–H and O–H groups in total. The van der Waals surface area contributed by atoms with E-state index in [1.54, 1.807) is 6.08 Å². The van der Waals surface area contributed by atoms with Crippen molar-refractivity contribution in [3.05, 3.63) is 10.6 Å². The first-order valence-corrected chi connectivity index (χ1v) is 3.18. The topological polar surface area (TPSA) is 12.0 Å². The van der Waals surface area contributed by atoms with Crippen molar-refractivity contribution in [3.63, 3.8) is 0 Å². The highest BCUT2D eigenvalue weighted by atomic mass is 35.5. The first-order chi connectivity index (χ1) is 4.27.